The van der Waals surface area contributed by atoms with Crippen molar-refractivity contribution in [3.8, 4) is 0 Å². The topological polar surface area (TPSA) is 279 Å². The number of likely N-dealkylation sites (N-methyl/N-ethyl adjacent to an activating group) is 7. The average molecular weight is 1460 g/mol. The standard InChI is InChI=1S/C73H112ClF3N12O13/c1-12-47(4)62-69(99)83(7)43-60(92)81(5)44-61(93)85(9)55(40-48-24-16-13-17-25-48)67(97)82(6)42-58(90)78-53(31-29-49-28-30-51(52(74)39-49)73(75,76)77)66(96)89-36-37-102-45-57(89)65(95)80-72(32-20-21-33-72)71(101)87(11)63(50-26-18-14-19-27-50)70(100)86(10)56(68(98)88-34-22-15-23-35-88)41-59(91)84(8)54(38-46(2)3)64(94)79-62/h28,30,39,46-48,50,53-57,62-63H,12-27,29,31-38,40-45H2,1-11H3,(H,78,90)(H,79,94)(H,80,95)/t47-,53-,54-,55-,56-,57?,62-,63-/m0/s1. The molecule has 3 N–H and O–H groups in total. The summed E-state index contributed by atoms with van der Waals surface area (Å²) in [7, 11) is 9.97. The van der Waals surface area contributed by atoms with E-state index < -0.39 is 173 Å². The van der Waals surface area contributed by atoms with Crippen molar-refractivity contribution in [2.45, 2.75) is 229 Å². The number of hydrogen-bond donors (Lipinski definition) is 3. The minimum atomic E-state index is -4.77. The van der Waals surface area contributed by atoms with Gasteiger partial charge in [0.2, 0.25) is 70.9 Å². The molecule has 570 valence electrons. The fraction of sp³-hybridized carbons (Fsp3) is 0.753. The molecule has 6 aliphatic rings. The predicted molar refractivity (Wildman–Crippen MR) is 375 cm³/mol. The van der Waals surface area contributed by atoms with Gasteiger partial charge in [-0.15, -0.1) is 0 Å². The molecule has 1 spiro atoms. The van der Waals surface area contributed by atoms with Gasteiger partial charge in [0.25, 0.3) is 0 Å². The number of piperidine rings is 1. The molecule has 7 rings (SSSR count). The zero-order chi connectivity index (χ0) is 75.1. The van der Waals surface area contributed by atoms with Crippen LogP contribution in [0.4, 0.5) is 13.2 Å². The lowest BCUT2D eigenvalue weighted by molar-refractivity contribution is -0.158. The molecule has 3 saturated carbocycles. The first-order chi connectivity index (χ1) is 48.2. The number of likely N-dealkylation sites (tertiary alicyclic amines) is 1. The van der Waals surface area contributed by atoms with E-state index in [4.69, 9.17) is 16.3 Å². The highest BCUT2D eigenvalue weighted by atomic mass is 35.5. The molecule has 1 unspecified atom stereocenters. The van der Waals surface area contributed by atoms with Crippen LogP contribution in [-0.4, -0.2) is 265 Å². The number of amides is 12. The van der Waals surface area contributed by atoms with Gasteiger partial charge in [-0.25, -0.2) is 0 Å². The zero-order valence-electron chi connectivity index (χ0n) is 61.8. The summed E-state index contributed by atoms with van der Waals surface area (Å²) in [4.78, 5) is 191. The molecule has 0 aromatic heterocycles. The summed E-state index contributed by atoms with van der Waals surface area (Å²) in [5, 5.41) is 8.11. The molecule has 3 heterocycles. The maximum atomic E-state index is 15.8. The van der Waals surface area contributed by atoms with Gasteiger partial charge in [-0.1, -0.05) is 116 Å². The summed E-state index contributed by atoms with van der Waals surface area (Å²) in [6, 6.07) is -5.92. The molecule has 102 heavy (non-hydrogen) atoms. The molecule has 6 fully saturated rings. The SMILES string of the molecule is CC[C@H](C)[C@@H]1NC(=O)[C@H](CC(C)C)N(C)C(=O)C[C@@H](C(=O)N2CCCCC2)N(C)C(=O)[C@H](C2CCCCC2)N(C)C(=O)C2(CCCC2)NC(=O)C2COCCN2C(=O)[C@H](CCc2ccc(C(F)(F)F)c(Cl)c2)NC(=O)CN(C)C(=O)[C@H](CC2CCCCC2)N(C)C(=O)CN(C)C(=O)CN(C)C1=O. The number of ether oxygens (including phenoxy) is 1. The number of carbonyl (C=O) groups excluding carboxylic acids is 12. The minimum Gasteiger partial charge on any atom is -0.377 e. The van der Waals surface area contributed by atoms with Crippen LogP contribution in [0.5, 0.6) is 0 Å². The van der Waals surface area contributed by atoms with Crippen molar-refractivity contribution in [1.29, 1.82) is 0 Å². The van der Waals surface area contributed by atoms with E-state index in [0.717, 1.165) is 84.6 Å². The Morgan fingerprint density at radius 2 is 1.25 bits per heavy atom. The van der Waals surface area contributed by atoms with E-state index in [1.165, 1.54) is 79.9 Å². The lowest BCUT2D eigenvalue weighted by atomic mass is 9.81. The lowest BCUT2D eigenvalue weighted by Crippen LogP contribution is -2.67. The van der Waals surface area contributed by atoms with Crippen LogP contribution in [0.15, 0.2) is 18.2 Å². The average Bonchev–Trinajstić information content (AvgIpc) is 1.39. The first kappa shape index (κ1) is 82.2. The van der Waals surface area contributed by atoms with E-state index in [0.29, 0.717) is 58.0 Å². The second-order valence-electron chi connectivity index (χ2n) is 30.1. The van der Waals surface area contributed by atoms with Crippen molar-refractivity contribution in [2.75, 3.05) is 102 Å². The fourth-order valence-electron chi connectivity index (χ4n) is 15.6. The second-order valence-corrected chi connectivity index (χ2v) is 30.5. The molecule has 1 aromatic rings. The van der Waals surface area contributed by atoms with Gasteiger partial charge in [0, 0.05) is 69.0 Å². The number of aryl methyl sites for hydroxylation is 1. The number of nitrogens with one attached hydrogen (secondary N) is 3. The van der Waals surface area contributed by atoms with Gasteiger partial charge < -0.3 is 64.8 Å². The summed E-state index contributed by atoms with van der Waals surface area (Å²) in [6.07, 6.45) is 6.25. The Morgan fingerprint density at radius 3 is 1.85 bits per heavy atom. The molecule has 25 nitrogen and oxygen atoms in total. The molecule has 3 saturated heterocycles. The Bertz CT molecular complexity index is 3160. The maximum Gasteiger partial charge on any atom is 0.417 e. The largest absolute Gasteiger partial charge is 0.417 e. The third-order valence-corrected chi connectivity index (χ3v) is 22.5. The second kappa shape index (κ2) is 37.0. The molecular formula is C73H112ClF3N12O13. The van der Waals surface area contributed by atoms with Gasteiger partial charge in [-0.3, -0.25) is 57.5 Å². The number of fused-ring (bicyclic) bond motifs is 1. The molecule has 1 aromatic carbocycles. The molecule has 12 amide bonds. The van der Waals surface area contributed by atoms with Crippen LogP contribution in [0, 0.1) is 23.7 Å². The number of hydrogen-bond acceptors (Lipinski definition) is 13. The van der Waals surface area contributed by atoms with Crippen LogP contribution < -0.4 is 16.0 Å². The van der Waals surface area contributed by atoms with Gasteiger partial charge in [0.1, 0.15) is 47.8 Å². The predicted octanol–water partition coefficient (Wildman–Crippen LogP) is 5.66. The first-order valence-corrected chi connectivity index (χ1v) is 37.3. The number of morpholine rings is 1. The highest BCUT2D eigenvalue weighted by molar-refractivity contribution is 6.31. The highest BCUT2D eigenvalue weighted by Crippen LogP contribution is 2.38. The van der Waals surface area contributed by atoms with E-state index in [2.05, 4.69) is 16.0 Å². The van der Waals surface area contributed by atoms with Crippen LogP contribution in [0.3, 0.4) is 0 Å². The summed E-state index contributed by atoms with van der Waals surface area (Å²) in [5.41, 5.74) is -2.43. The van der Waals surface area contributed by atoms with E-state index in [1.807, 2.05) is 20.8 Å². The lowest BCUT2D eigenvalue weighted by Gasteiger charge is -2.44. The maximum absolute atomic E-state index is 15.8. The summed E-state index contributed by atoms with van der Waals surface area (Å²) < 4.78 is 47.6. The summed E-state index contributed by atoms with van der Waals surface area (Å²) in [5.74, 6) is -9.06. The molecule has 0 bridgehead atoms. The van der Waals surface area contributed by atoms with Gasteiger partial charge in [-0.2, -0.15) is 13.2 Å². The number of carbonyl (C=O) groups is 12. The first-order valence-electron chi connectivity index (χ1n) is 36.9. The van der Waals surface area contributed by atoms with Crippen molar-refractivity contribution in [3.63, 3.8) is 0 Å². The quantitative estimate of drug-likeness (QED) is 0.242. The Hall–Kier alpha value is -7.10. The van der Waals surface area contributed by atoms with Crippen LogP contribution in [0.1, 0.15) is 180 Å². The molecule has 3 aliphatic heterocycles. The van der Waals surface area contributed by atoms with Crippen molar-refractivity contribution < 1.29 is 75.4 Å². The molecular weight excluding hydrogens is 1350 g/mol. The van der Waals surface area contributed by atoms with Crippen molar-refractivity contribution in [1.82, 2.24) is 60.0 Å². The highest BCUT2D eigenvalue weighted by Gasteiger charge is 2.51. The van der Waals surface area contributed by atoms with Gasteiger partial charge >= 0.3 is 6.18 Å². The van der Waals surface area contributed by atoms with Crippen molar-refractivity contribution in [2.24, 2.45) is 23.7 Å². The zero-order valence-corrected chi connectivity index (χ0v) is 62.6. The summed E-state index contributed by atoms with van der Waals surface area (Å²) in [6.45, 7) is 5.77. The van der Waals surface area contributed by atoms with Gasteiger partial charge in [0.05, 0.1) is 49.9 Å². The number of benzene rings is 1. The van der Waals surface area contributed by atoms with Crippen LogP contribution in [0.25, 0.3) is 0 Å². The van der Waals surface area contributed by atoms with Crippen LogP contribution in [0.2, 0.25) is 5.02 Å². The third-order valence-electron chi connectivity index (χ3n) is 22.2. The number of halogens is 4. The van der Waals surface area contributed by atoms with E-state index in [9.17, 15) is 41.9 Å². The Labute approximate surface area is 604 Å². The monoisotopic (exact) mass is 1460 g/mol. The number of alkyl halides is 3. The van der Waals surface area contributed by atoms with E-state index >= 15 is 28.8 Å². The van der Waals surface area contributed by atoms with Crippen molar-refractivity contribution >= 4 is 82.5 Å². The normalized spacial score (nSPS) is 26.8. The Balaban J connectivity index is 1.30. The number of nitrogens with zero attached hydrogens (tertiary/aromatic N) is 9. The van der Waals surface area contributed by atoms with Crippen LogP contribution >= 0.6 is 11.6 Å². The molecule has 0 radical (unpaired) electrons. The molecule has 29 heteroatoms. The van der Waals surface area contributed by atoms with Crippen LogP contribution in [-0.2, 0) is 74.9 Å². The third kappa shape index (κ3) is 20.9. The van der Waals surface area contributed by atoms with E-state index in [1.54, 1.807) is 11.8 Å². The molecule has 3 aliphatic carbocycles. The Morgan fingerprint density at radius 1 is 0.647 bits per heavy atom. The fourth-order valence-corrected chi connectivity index (χ4v) is 15.9. The van der Waals surface area contributed by atoms with Gasteiger partial charge in [0.15, 0.2) is 0 Å². The smallest absolute Gasteiger partial charge is 0.377 e. The van der Waals surface area contributed by atoms with Gasteiger partial charge in [-0.05, 0) is 112 Å². The number of rotatable bonds is 11. The minimum absolute atomic E-state index is 0.00880. The summed E-state index contributed by atoms with van der Waals surface area (Å²) >= 11 is 6.17. The van der Waals surface area contributed by atoms with Crippen molar-refractivity contribution in [3.05, 3.63) is 34.3 Å². The van der Waals surface area contributed by atoms with E-state index in [-0.39, 0.29) is 75.7 Å². The molecule has 8 atom stereocenters. The Kier molecular flexibility index (Phi) is 29.9.